The van der Waals surface area contributed by atoms with Gasteiger partial charge in [0.1, 0.15) is 0 Å². The molecule has 0 saturated heterocycles. The predicted octanol–water partition coefficient (Wildman–Crippen LogP) is -0.00280. The standard InChI is InChI=1S/C5H12O2/c1-5(2,3-6)4-7/h6-7H,3-4H2,1-2H3/i3D2,4D2. The summed E-state index contributed by atoms with van der Waals surface area (Å²) in [6.07, 6.45) is 0. The van der Waals surface area contributed by atoms with Crippen molar-refractivity contribution in [2.75, 3.05) is 13.1 Å². The molecule has 0 unspecified atom stereocenters. The van der Waals surface area contributed by atoms with Crippen molar-refractivity contribution < 1.29 is 15.7 Å². The van der Waals surface area contributed by atoms with Crippen LogP contribution in [0.2, 0.25) is 0 Å². The summed E-state index contributed by atoms with van der Waals surface area (Å²) in [7, 11) is 0. The molecule has 0 aromatic carbocycles. The summed E-state index contributed by atoms with van der Waals surface area (Å²) >= 11 is 0. The van der Waals surface area contributed by atoms with E-state index in [1.807, 2.05) is 0 Å². The Kier molecular flexibility index (Phi) is 0.804. The molecule has 0 aliphatic carbocycles. The first-order valence-electron chi connectivity index (χ1n) is 3.95. The van der Waals surface area contributed by atoms with Crippen molar-refractivity contribution in [2.45, 2.75) is 13.8 Å². The summed E-state index contributed by atoms with van der Waals surface area (Å²) in [5, 5.41) is 17.6. The fraction of sp³-hybridized carbons (Fsp3) is 1.00. The zero-order chi connectivity index (χ0) is 9.50. The zero-order valence-electron chi connectivity index (χ0n) is 8.39. The minimum atomic E-state index is -2.74. The number of aliphatic hydroxyl groups is 2. The second-order valence-electron chi connectivity index (χ2n) is 1.85. The monoisotopic (exact) mass is 108 g/mol. The van der Waals surface area contributed by atoms with Crippen LogP contribution in [0.25, 0.3) is 0 Å². The zero-order valence-corrected chi connectivity index (χ0v) is 4.39. The summed E-state index contributed by atoms with van der Waals surface area (Å²) in [6, 6.07) is 0. The maximum atomic E-state index is 8.81. The second kappa shape index (κ2) is 2.28. The van der Waals surface area contributed by atoms with E-state index < -0.39 is 18.5 Å². The van der Waals surface area contributed by atoms with Gasteiger partial charge in [-0.15, -0.1) is 0 Å². The molecular weight excluding hydrogens is 92.1 g/mol. The van der Waals surface area contributed by atoms with Crippen LogP contribution in [0.4, 0.5) is 0 Å². The Balaban J connectivity index is 4.75. The quantitative estimate of drug-likeness (QED) is 0.522. The Morgan fingerprint density at radius 1 is 1.43 bits per heavy atom. The van der Waals surface area contributed by atoms with Gasteiger partial charge in [0.25, 0.3) is 0 Å². The van der Waals surface area contributed by atoms with Gasteiger partial charge in [-0.3, -0.25) is 0 Å². The molecule has 0 amide bonds. The van der Waals surface area contributed by atoms with Crippen molar-refractivity contribution in [3.63, 3.8) is 0 Å². The van der Waals surface area contributed by atoms with E-state index in [2.05, 4.69) is 0 Å². The molecule has 0 spiro atoms. The van der Waals surface area contributed by atoms with Gasteiger partial charge in [0.05, 0.1) is 18.6 Å². The van der Waals surface area contributed by atoms with Gasteiger partial charge in [-0.2, -0.15) is 0 Å². The van der Waals surface area contributed by atoms with Crippen LogP contribution in [-0.2, 0) is 0 Å². The van der Waals surface area contributed by atoms with E-state index in [9.17, 15) is 0 Å². The van der Waals surface area contributed by atoms with E-state index >= 15 is 0 Å². The van der Waals surface area contributed by atoms with Crippen LogP contribution in [0, 0.1) is 5.41 Å². The van der Waals surface area contributed by atoms with Crippen LogP contribution in [-0.4, -0.2) is 23.3 Å². The second-order valence-corrected chi connectivity index (χ2v) is 1.85. The normalized spacial score (nSPS) is 24.6. The van der Waals surface area contributed by atoms with Crippen LogP contribution >= 0.6 is 0 Å². The molecular formula is C5H12O2. The van der Waals surface area contributed by atoms with E-state index in [1.54, 1.807) is 0 Å². The summed E-state index contributed by atoms with van der Waals surface area (Å²) in [5.74, 6) is 0. The average molecular weight is 108 g/mol. The lowest BCUT2D eigenvalue weighted by atomic mass is 9.97. The third-order valence-corrected chi connectivity index (χ3v) is 0.559. The molecule has 0 aromatic heterocycles. The molecule has 2 nitrogen and oxygen atoms in total. The number of hydrogen-bond donors (Lipinski definition) is 2. The minimum Gasteiger partial charge on any atom is -0.396 e. The molecule has 2 N–H and O–H groups in total. The fourth-order valence-electron chi connectivity index (χ4n) is 0.0250. The summed E-state index contributed by atoms with van der Waals surface area (Å²) in [4.78, 5) is 0. The van der Waals surface area contributed by atoms with Gasteiger partial charge in [-0.25, -0.2) is 0 Å². The van der Waals surface area contributed by atoms with Gasteiger partial charge in [-0.1, -0.05) is 13.8 Å². The molecule has 2 heteroatoms. The first-order chi connectivity index (χ1) is 4.50. The Bertz CT molecular complexity index is 128. The van der Waals surface area contributed by atoms with Gasteiger partial charge >= 0.3 is 0 Å². The van der Waals surface area contributed by atoms with E-state index in [0.29, 0.717) is 0 Å². The van der Waals surface area contributed by atoms with Crippen molar-refractivity contribution >= 4 is 0 Å². The summed E-state index contributed by atoms with van der Waals surface area (Å²) in [5.41, 5.74) is -1.85. The lowest BCUT2D eigenvalue weighted by Gasteiger charge is -2.16. The smallest absolute Gasteiger partial charge is 0.0570 e. The van der Waals surface area contributed by atoms with Crippen LogP contribution in [0.15, 0.2) is 0 Å². The molecule has 0 saturated carbocycles. The number of rotatable bonds is 2. The molecule has 0 aromatic rings. The Morgan fingerprint density at radius 2 is 1.71 bits per heavy atom. The molecule has 0 fully saturated rings. The Morgan fingerprint density at radius 3 is 1.71 bits per heavy atom. The lowest BCUT2D eigenvalue weighted by molar-refractivity contribution is 0.0857. The lowest BCUT2D eigenvalue weighted by Crippen LogP contribution is -2.20. The van der Waals surface area contributed by atoms with Gasteiger partial charge in [0.2, 0.25) is 0 Å². The van der Waals surface area contributed by atoms with Gasteiger partial charge in [0, 0.05) is 5.41 Å². The van der Waals surface area contributed by atoms with E-state index in [1.165, 1.54) is 0 Å². The van der Waals surface area contributed by atoms with Crippen LogP contribution in [0.1, 0.15) is 19.3 Å². The highest BCUT2D eigenvalue weighted by Gasteiger charge is 2.13. The van der Waals surface area contributed by atoms with Crippen molar-refractivity contribution in [3.05, 3.63) is 0 Å². The molecule has 0 bridgehead atoms. The van der Waals surface area contributed by atoms with E-state index in [0.717, 1.165) is 13.8 Å². The third-order valence-electron chi connectivity index (χ3n) is 0.559. The molecule has 0 atom stereocenters. The first kappa shape index (κ1) is 2.46. The minimum absolute atomic E-state index is 1.10. The van der Waals surface area contributed by atoms with Crippen LogP contribution in [0.3, 0.4) is 0 Å². The maximum Gasteiger partial charge on any atom is 0.0570 e. The van der Waals surface area contributed by atoms with Crippen LogP contribution in [0.5, 0.6) is 0 Å². The number of hydrogen-bond acceptors (Lipinski definition) is 2. The largest absolute Gasteiger partial charge is 0.396 e. The van der Waals surface area contributed by atoms with E-state index in [-0.39, 0.29) is 0 Å². The van der Waals surface area contributed by atoms with Crippen molar-refractivity contribution in [1.82, 2.24) is 0 Å². The molecule has 44 valence electrons. The van der Waals surface area contributed by atoms with Gasteiger partial charge in [0.15, 0.2) is 0 Å². The predicted molar refractivity (Wildman–Crippen MR) is 28.0 cm³/mol. The van der Waals surface area contributed by atoms with Crippen molar-refractivity contribution in [2.24, 2.45) is 5.41 Å². The topological polar surface area (TPSA) is 40.5 Å². The van der Waals surface area contributed by atoms with Crippen molar-refractivity contribution in [3.8, 4) is 0 Å². The summed E-state index contributed by atoms with van der Waals surface area (Å²) in [6.45, 7) is -3.28. The van der Waals surface area contributed by atoms with E-state index in [4.69, 9.17) is 15.7 Å². The van der Waals surface area contributed by atoms with Crippen LogP contribution < -0.4 is 0 Å². The molecule has 7 heavy (non-hydrogen) atoms. The average Bonchev–Trinajstić information content (AvgIpc) is 1.58. The maximum absolute atomic E-state index is 8.81. The third kappa shape index (κ3) is 2.60. The molecule has 0 heterocycles. The SMILES string of the molecule is [2H]C([2H])(O)C(C)(C)C([2H])([2H])O. The summed E-state index contributed by atoms with van der Waals surface area (Å²) < 4.78 is 27.2. The van der Waals surface area contributed by atoms with Crippen molar-refractivity contribution in [1.29, 1.82) is 0 Å². The Labute approximate surface area is 49.4 Å². The fourth-order valence-corrected chi connectivity index (χ4v) is 0.0250. The first-order valence-corrected chi connectivity index (χ1v) is 1.95. The highest BCUT2D eigenvalue weighted by atomic mass is 16.3. The Hall–Kier alpha value is -0.0800. The molecule has 0 aliphatic heterocycles. The molecule has 0 rings (SSSR count). The highest BCUT2D eigenvalue weighted by Crippen LogP contribution is 2.10. The molecule has 0 radical (unpaired) electrons. The van der Waals surface area contributed by atoms with Gasteiger partial charge in [-0.05, 0) is 0 Å². The highest BCUT2D eigenvalue weighted by molar-refractivity contribution is 4.62. The molecule has 0 aliphatic rings. The van der Waals surface area contributed by atoms with Gasteiger partial charge < -0.3 is 10.2 Å².